The van der Waals surface area contributed by atoms with Crippen LogP contribution in [0.1, 0.15) is 6.23 Å². The van der Waals surface area contributed by atoms with Gasteiger partial charge in [0.2, 0.25) is 0 Å². The Balaban J connectivity index is 0.00000272. The van der Waals surface area contributed by atoms with Crippen molar-refractivity contribution in [3.63, 3.8) is 0 Å². The summed E-state index contributed by atoms with van der Waals surface area (Å²) < 4.78 is 50.2. The SMILES string of the molecule is Nc1ncnc2c1ncn2C1OC(COP(=O)([O-])OP(=O)([O-])OP(=O)([O-])[O-])[C@H](O)C1O.[Mg+2].[Mg+2]. The van der Waals surface area contributed by atoms with E-state index in [1.54, 1.807) is 0 Å². The molecule has 3 heterocycles. The van der Waals surface area contributed by atoms with Crippen LogP contribution in [0.15, 0.2) is 12.7 Å². The molecule has 23 heteroatoms. The number of nitrogen functional groups attached to an aromatic ring is 1. The van der Waals surface area contributed by atoms with E-state index in [-0.39, 0.29) is 63.1 Å². The maximum Gasteiger partial charge on any atom is 2.00 e. The Kier molecular flexibility index (Phi) is 10.9. The zero-order valence-corrected chi connectivity index (χ0v) is 21.7. The normalized spacial score (nSPS) is 26.7. The van der Waals surface area contributed by atoms with Crippen molar-refractivity contribution in [2.75, 3.05) is 12.3 Å². The van der Waals surface area contributed by atoms with E-state index in [1.807, 2.05) is 0 Å². The summed E-state index contributed by atoms with van der Waals surface area (Å²) in [5.41, 5.74) is 5.92. The number of anilines is 1. The van der Waals surface area contributed by atoms with Gasteiger partial charge in [0.1, 0.15) is 30.2 Å². The van der Waals surface area contributed by atoms with Crippen molar-refractivity contribution in [1.29, 1.82) is 0 Å². The summed E-state index contributed by atoms with van der Waals surface area (Å²) >= 11 is 0. The molecule has 2 aromatic rings. The van der Waals surface area contributed by atoms with Gasteiger partial charge in [-0.25, -0.2) is 19.3 Å². The molecule has 0 amide bonds. The van der Waals surface area contributed by atoms with Crippen molar-refractivity contribution in [3.05, 3.63) is 12.7 Å². The summed E-state index contributed by atoms with van der Waals surface area (Å²) in [6.07, 6.45) is -3.99. The van der Waals surface area contributed by atoms with Gasteiger partial charge < -0.3 is 49.3 Å². The molecule has 3 rings (SSSR count). The first-order valence-electron chi connectivity index (χ1n) is 7.85. The second-order valence-corrected chi connectivity index (χ2v) is 10.2. The van der Waals surface area contributed by atoms with Gasteiger partial charge in [0.05, 0.1) is 20.8 Å². The minimum Gasteiger partial charge on any atom is -0.790 e. The maximum atomic E-state index is 11.6. The van der Waals surface area contributed by atoms with Crippen LogP contribution in [0.5, 0.6) is 0 Å². The molecule has 1 saturated heterocycles. The van der Waals surface area contributed by atoms with Crippen LogP contribution in [-0.4, -0.2) is 101 Å². The molecule has 4 N–H and O–H groups in total. The molecular formula is C10H12Mg2N5O13P3. The molecule has 0 saturated carbocycles. The van der Waals surface area contributed by atoms with Gasteiger partial charge in [0.15, 0.2) is 17.7 Å². The molecule has 6 atom stereocenters. The van der Waals surface area contributed by atoms with Crippen molar-refractivity contribution in [1.82, 2.24) is 19.5 Å². The van der Waals surface area contributed by atoms with Crippen LogP contribution in [0.2, 0.25) is 0 Å². The van der Waals surface area contributed by atoms with Crippen LogP contribution in [0.3, 0.4) is 0 Å². The second-order valence-electron chi connectivity index (χ2n) is 5.93. The summed E-state index contributed by atoms with van der Waals surface area (Å²) in [5.74, 6) is 0.0195. The van der Waals surface area contributed by atoms with Gasteiger partial charge in [-0.1, -0.05) is 0 Å². The van der Waals surface area contributed by atoms with Crippen LogP contribution in [0.4, 0.5) is 5.82 Å². The molecule has 1 aliphatic heterocycles. The number of nitrogens with two attached hydrogens (primary N) is 1. The first kappa shape index (κ1) is 31.2. The Morgan fingerprint density at radius 1 is 1.03 bits per heavy atom. The molecule has 0 radical (unpaired) electrons. The number of phosphoric ester groups is 1. The molecular weight excluding hydrogens is 540 g/mol. The van der Waals surface area contributed by atoms with Gasteiger partial charge in [0.25, 0.3) is 15.6 Å². The third-order valence-corrected chi connectivity index (χ3v) is 7.46. The first-order valence-corrected chi connectivity index (χ1v) is 12.2. The van der Waals surface area contributed by atoms with E-state index in [0.29, 0.717) is 0 Å². The predicted octanol–water partition coefficient (Wildman–Crippen LogP) is -4.92. The Morgan fingerprint density at radius 3 is 2.27 bits per heavy atom. The number of fused-ring (bicyclic) bond motifs is 1. The van der Waals surface area contributed by atoms with Gasteiger partial charge in [-0.2, -0.15) is 0 Å². The van der Waals surface area contributed by atoms with Crippen LogP contribution < -0.4 is 25.3 Å². The Morgan fingerprint density at radius 2 is 1.67 bits per heavy atom. The topological polar surface area (TPSA) is 290 Å². The van der Waals surface area contributed by atoms with Crippen LogP contribution >= 0.6 is 23.5 Å². The Labute approximate surface area is 216 Å². The molecule has 5 unspecified atom stereocenters. The summed E-state index contributed by atoms with van der Waals surface area (Å²) in [5, 5.41) is 20.3. The van der Waals surface area contributed by atoms with Crippen molar-refractivity contribution in [2.45, 2.75) is 24.5 Å². The molecule has 2 aromatic heterocycles. The van der Waals surface area contributed by atoms with E-state index < -0.39 is 54.6 Å². The number of hydrogen-bond acceptors (Lipinski definition) is 17. The van der Waals surface area contributed by atoms with Crippen LogP contribution in [0, 0.1) is 0 Å². The number of rotatable bonds is 8. The fraction of sp³-hybridized carbons (Fsp3) is 0.500. The maximum absolute atomic E-state index is 11.6. The Hall–Kier alpha value is 0.172. The monoisotopic (exact) mass is 551 g/mol. The zero-order chi connectivity index (χ0) is 23.2. The van der Waals surface area contributed by atoms with Gasteiger partial charge in [-0.3, -0.25) is 18.0 Å². The van der Waals surface area contributed by atoms with Crippen LogP contribution in [0.25, 0.3) is 11.2 Å². The molecule has 1 aliphatic rings. The van der Waals surface area contributed by atoms with Crippen molar-refractivity contribution in [2.24, 2.45) is 0 Å². The number of aliphatic hydroxyl groups is 2. The molecule has 0 aliphatic carbocycles. The van der Waals surface area contributed by atoms with E-state index in [0.717, 1.165) is 12.7 Å². The molecule has 1 fully saturated rings. The van der Waals surface area contributed by atoms with Gasteiger partial charge in [-0.15, -0.1) is 0 Å². The summed E-state index contributed by atoms with van der Waals surface area (Å²) in [7, 11) is -18.1. The van der Waals surface area contributed by atoms with E-state index in [4.69, 9.17) is 10.5 Å². The van der Waals surface area contributed by atoms with E-state index in [9.17, 15) is 43.5 Å². The average molecular weight is 552 g/mol. The minimum absolute atomic E-state index is 0. The van der Waals surface area contributed by atoms with Crippen LogP contribution in [-0.2, 0) is 31.6 Å². The third-order valence-electron chi connectivity index (χ3n) is 3.80. The quantitative estimate of drug-likeness (QED) is 0.204. The first-order chi connectivity index (χ1) is 14.2. The molecule has 0 aromatic carbocycles. The molecule has 33 heavy (non-hydrogen) atoms. The number of imidazole rings is 1. The van der Waals surface area contributed by atoms with Crippen molar-refractivity contribution < 1.29 is 61.4 Å². The van der Waals surface area contributed by atoms with Gasteiger partial charge in [-0.05, 0) is 0 Å². The number of phosphoric acid groups is 3. The van der Waals surface area contributed by atoms with Gasteiger partial charge in [0, 0.05) is 0 Å². The third kappa shape index (κ3) is 7.83. The summed E-state index contributed by atoms with van der Waals surface area (Å²) in [6.45, 7) is -1.08. The molecule has 174 valence electrons. The number of aliphatic hydroxyl groups excluding tert-OH is 2. The fourth-order valence-electron chi connectivity index (χ4n) is 2.60. The average Bonchev–Trinajstić information content (AvgIpc) is 3.13. The summed E-state index contributed by atoms with van der Waals surface area (Å²) in [4.78, 5) is 54.9. The zero-order valence-electron chi connectivity index (χ0n) is 16.2. The van der Waals surface area contributed by atoms with Gasteiger partial charge >= 0.3 is 46.1 Å². The van der Waals surface area contributed by atoms with Crippen molar-refractivity contribution in [3.8, 4) is 0 Å². The molecule has 0 bridgehead atoms. The van der Waals surface area contributed by atoms with E-state index in [1.165, 1.54) is 4.57 Å². The predicted molar refractivity (Wildman–Crippen MR) is 98.1 cm³/mol. The van der Waals surface area contributed by atoms with Crippen molar-refractivity contribution >= 4 is 86.6 Å². The fourth-order valence-corrected chi connectivity index (χ4v) is 5.47. The van der Waals surface area contributed by atoms with E-state index in [2.05, 4.69) is 28.1 Å². The standard InChI is InChI=1S/C10H16N5O13P3.2Mg/c11-8-5-9(13-2-12-8)15(3-14-5)10-7(17)6(16)4(26-10)1-25-30(21,22)28-31(23,24)27-29(18,19)20;;/h2-4,6-7,10,16-17H,1H2,(H,21,22)(H,23,24)(H2,11,12,13)(H2,18,19,20);;/q;2*+2/p-4/t4?,6-,7?,10?;;/m0../s1. The molecule has 18 nitrogen and oxygen atoms in total. The molecule has 0 spiro atoms. The van der Waals surface area contributed by atoms with E-state index >= 15 is 0 Å². The Bertz CT molecular complexity index is 1120. The smallest absolute Gasteiger partial charge is 0.790 e. The number of hydrogen-bond donors (Lipinski definition) is 3. The summed E-state index contributed by atoms with van der Waals surface area (Å²) in [6, 6.07) is 0. The number of ether oxygens (including phenoxy) is 1. The number of aromatic nitrogens is 4. The minimum atomic E-state index is -6.14. The number of nitrogens with zero attached hydrogens (tertiary/aromatic N) is 4. The second kappa shape index (κ2) is 11.5. The largest absolute Gasteiger partial charge is 2.00 e.